The zero-order valence-corrected chi connectivity index (χ0v) is 16.5. The molecule has 2 aromatic rings. The van der Waals surface area contributed by atoms with Gasteiger partial charge in [-0.2, -0.15) is 0 Å². The first-order valence-electron chi connectivity index (χ1n) is 9.38. The van der Waals surface area contributed by atoms with Gasteiger partial charge in [0.15, 0.2) is 0 Å². The lowest BCUT2D eigenvalue weighted by Crippen LogP contribution is -2.42. The van der Waals surface area contributed by atoms with Gasteiger partial charge in [-0.25, -0.2) is 9.78 Å². The van der Waals surface area contributed by atoms with Crippen LogP contribution in [0.25, 0.3) is 5.82 Å². The quantitative estimate of drug-likeness (QED) is 0.765. The van der Waals surface area contributed by atoms with Gasteiger partial charge in [-0.1, -0.05) is 6.07 Å². The topological polar surface area (TPSA) is 47.4 Å². The fourth-order valence-corrected chi connectivity index (χ4v) is 3.65. The highest BCUT2D eigenvalue weighted by molar-refractivity contribution is 5.69. The summed E-state index contributed by atoms with van der Waals surface area (Å²) in [7, 11) is 0. The number of amides is 1. The third-order valence-electron chi connectivity index (χ3n) is 4.79. The fraction of sp³-hybridized carbons (Fsp3) is 0.524. The molecule has 5 heteroatoms. The molecule has 0 aromatic carbocycles. The summed E-state index contributed by atoms with van der Waals surface area (Å²) in [6, 6.07) is 8.23. The van der Waals surface area contributed by atoms with E-state index in [0.29, 0.717) is 0 Å². The third kappa shape index (κ3) is 3.76. The Labute approximate surface area is 156 Å². The van der Waals surface area contributed by atoms with Gasteiger partial charge in [0.1, 0.15) is 11.4 Å². The van der Waals surface area contributed by atoms with Gasteiger partial charge in [0, 0.05) is 29.7 Å². The summed E-state index contributed by atoms with van der Waals surface area (Å²) in [5.41, 5.74) is 2.87. The number of nitrogens with zero attached hydrogens (tertiary/aromatic N) is 3. The van der Waals surface area contributed by atoms with E-state index in [1.165, 1.54) is 0 Å². The largest absolute Gasteiger partial charge is 0.444 e. The van der Waals surface area contributed by atoms with Crippen LogP contribution in [0.1, 0.15) is 63.0 Å². The minimum Gasteiger partial charge on any atom is -0.444 e. The lowest BCUT2D eigenvalue weighted by atomic mass is 9.95. The van der Waals surface area contributed by atoms with Crippen LogP contribution in [0.5, 0.6) is 0 Å². The molecule has 0 unspecified atom stereocenters. The van der Waals surface area contributed by atoms with Crippen LogP contribution < -0.4 is 0 Å². The number of ether oxygens (including phenoxy) is 1. The molecule has 1 amide bonds. The number of carbonyl (C=O) groups excluding carboxylic acids is 1. The van der Waals surface area contributed by atoms with Gasteiger partial charge in [0.05, 0.1) is 6.04 Å². The molecule has 5 nitrogen and oxygen atoms in total. The molecule has 1 saturated heterocycles. The molecule has 140 valence electrons. The van der Waals surface area contributed by atoms with Crippen LogP contribution in [0, 0.1) is 13.8 Å². The van der Waals surface area contributed by atoms with E-state index >= 15 is 0 Å². The Bertz CT molecular complexity index is 769. The Morgan fingerprint density at radius 3 is 2.50 bits per heavy atom. The molecule has 0 spiro atoms. The fourth-order valence-electron chi connectivity index (χ4n) is 3.65. The minimum atomic E-state index is -0.496. The number of carbonyl (C=O) groups is 1. The summed E-state index contributed by atoms with van der Waals surface area (Å²) in [5.74, 6) is 0.910. The predicted octanol–water partition coefficient (Wildman–Crippen LogP) is 4.95. The van der Waals surface area contributed by atoms with E-state index in [1.54, 1.807) is 0 Å². The van der Waals surface area contributed by atoms with Crippen molar-refractivity contribution in [2.75, 3.05) is 6.54 Å². The summed E-state index contributed by atoms with van der Waals surface area (Å²) < 4.78 is 7.83. The van der Waals surface area contributed by atoms with Gasteiger partial charge in [-0.05, 0) is 72.1 Å². The molecule has 2 aromatic heterocycles. The Balaban J connectivity index is 2.00. The van der Waals surface area contributed by atoms with Crippen LogP contribution in [-0.2, 0) is 4.74 Å². The third-order valence-corrected chi connectivity index (χ3v) is 4.79. The van der Waals surface area contributed by atoms with Gasteiger partial charge in [-0.3, -0.25) is 0 Å². The Hall–Kier alpha value is -2.30. The van der Waals surface area contributed by atoms with E-state index in [1.807, 2.05) is 37.9 Å². The lowest BCUT2D eigenvalue weighted by molar-refractivity contribution is 0.00949. The van der Waals surface area contributed by atoms with Crippen LogP contribution in [-0.4, -0.2) is 32.7 Å². The predicted molar refractivity (Wildman–Crippen MR) is 103 cm³/mol. The van der Waals surface area contributed by atoms with Crippen molar-refractivity contribution in [1.82, 2.24) is 14.5 Å². The molecule has 0 N–H and O–H groups in total. The summed E-state index contributed by atoms with van der Waals surface area (Å²) in [4.78, 5) is 19.4. The second kappa shape index (κ2) is 7.14. The van der Waals surface area contributed by atoms with Gasteiger partial charge in [0.2, 0.25) is 0 Å². The molecule has 3 rings (SSSR count). The molecule has 0 radical (unpaired) electrons. The van der Waals surface area contributed by atoms with Crippen molar-refractivity contribution in [1.29, 1.82) is 0 Å². The molecule has 3 heterocycles. The maximum atomic E-state index is 12.8. The van der Waals surface area contributed by atoms with Crippen molar-refractivity contribution < 1.29 is 9.53 Å². The van der Waals surface area contributed by atoms with Gasteiger partial charge < -0.3 is 14.2 Å². The summed E-state index contributed by atoms with van der Waals surface area (Å²) in [6.07, 6.45) is 4.61. The van der Waals surface area contributed by atoms with Crippen LogP contribution in [0.2, 0.25) is 0 Å². The first-order valence-corrected chi connectivity index (χ1v) is 9.38. The zero-order valence-electron chi connectivity index (χ0n) is 16.5. The lowest BCUT2D eigenvalue weighted by Gasteiger charge is -2.37. The molecule has 1 aliphatic heterocycles. The van der Waals surface area contributed by atoms with Crippen molar-refractivity contribution in [3.05, 3.63) is 47.4 Å². The smallest absolute Gasteiger partial charge is 0.410 e. The standard InChI is InChI=1S/C21H29N3O2/c1-15-11-12-16(2)24(15)19-17(9-8-13-22-19)18-10-6-7-14-23(18)20(25)26-21(3,4)5/h8-9,11-13,18H,6-7,10,14H2,1-5H3/t18-/m1/s1. The molecular weight excluding hydrogens is 326 g/mol. The number of aromatic nitrogens is 2. The SMILES string of the molecule is Cc1ccc(C)n1-c1ncccc1[C@H]1CCCCN1C(=O)OC(C)(C)C. The number of piperidine rings is 1. The van der Waals surface area contributed by atoms with Crippen molar-refractivity contribution in [2.24, 2.45) is 0 Å². The second-order valence-corrected chi connectivity index (χ2v) is 8.05. The molecule has 0 bridgehead atoms. The number of likely N-dealkylation sites (tertiary alicyclic amines) is 1. The summed E-state index contributed by atoms with van der Waals surface area (Å²) in [6.45, 7) is 10.6. The first kappa shape index (κ1) is 18.5. The van der Waals surface area contributed by atoms with E-state index in [9.17, 15) is 4.79 Å². The first-order chi connectivity index (χ1) is 12.3. The molecule has 26 heavy (non-hydrogen) atoms. The highest BCUT2D eigenvalue weighted by Crippen LogP contribution is 2.35. The summed E-state index contributed by atoms with van der Waals surface area (Å²) in [5, 5.41) is 0. The number of aryl methyl sites for hydroxylation is 2. The van der Waals surface area contributed by atoms with Crippen molar-refractivity contribution in [3.63, 3.8) is 0 Å². The van der Waals surface area contributed by atoms with E-state index in [0.717, 1.165) is 48.6 Å². The molecule has 1 fully saturated rings. The van der Waals surface area contributed by atoms with Crippen LogP contribution in [0.15, 0.2) is 30.5 Å². The van der Waals surface area contributed by atoms with E-state index in [-0.39, 0.29) is 12.1 Å². The molecule has 1 aliphatic rings. The average molecular weight is 355 g/mol. The Morgan fingerprint density at radius 1 is 1.15 bits per heavy atom. The van der Waals surface area contributed by atoms with Gasteiger partial charge >= 0.3 is 6.09 Å². The zero-order chi connectivity index (χ0) is 18.9. The number of hydrogen-bond donors (Lipinski definition) is 0. The number of rotatable bonds is 2. The molecule has 1 atom stereocenters. The number of hydrogen-bond acceptors (Lipinski definition) is 3. The van der Waals surface area contributed by atoms with Gasteiger partial charge in [-0.15, -0.1) is 0 Å². The molecular formula is C21H29N3O2. The van der Waals surface area contributed by atoms with Crippen molar-refractivity contribution in [2.45, 2.75) is 65.5 Å². The van der Waals surface area contributed by atoms with Gasteiger partial charge in [0.25, 0.3) is 0 Å². The Kier molecular flexibility index (Phi) is 5.08. The Morgan fingerprint density at radius 2 is 1.85 bits per heavy atom. The highest BCUT2D eigenvalue weighted by Gasteiger charge is 2.33. The molecule has 0 aliphatic carbocycles. The van der Waals surface area contributed by atoms with Crippen LogP contribution in [0.4, 0.5) is 4.79 Å². The van der Waals surface area contributed by atoms with Crippen molar-refractivity contribution >= 4 is 6.09 Å². The summed E-state index contributed by atoms with van der Waals surface area (Å²) >= 11 is 0. The van der Waals surface area contributed by atoms with E-state index < -0.39 is 5.60 Å². The van der Waals surface area contributed by atoms with E-state index in [4.69, 9.17) is 4.74 Å². The van der Waals surface area contributed by atoms with Crippen molar-refractivity contribution in [3.8, 4) is 5.82 Å². The van der Waals surface area contributed by atoms with Crippen LogP contribution in [0.3, 0.4) is 0 Å². The normalized spacial score (nSPS) is 18.0. The molecule has 0 saturated carbocycles. The highest BCUT2D eigenvalue weighted by atomic mass is 16.6. The maximum absolute atomic E-state index is 12.8. The number of pyridine rings is 1. The van der Waals surface area contributed by atoms with Crippen LogP contribution >= 0.6 is 0 Å². The average Bonchev–Trinajstić information content (AvgIpc) is 2.92. The minimum absolute atomic E-state index is 0.0106. The monoisotopic (exact) mass is 355 g/mol. The maximum Gasteiger partial charge on any atom is 0.410 e. The second-order valence-electron chi connectivity index (χ2n) is 8.05. The van der Waals surface area contributed by atoms with E-state index in [2.05, 4.69) is 41.6 Å².